The minimum Gasteiger partial charge on any atom is -0.465 e. The Bertz CT molecular complexity index is 348. The van der Waals surface area contributed by atoms with Crippen LogP contribution in [0.15, 0.2) is 24.3 Å². The fourth-order valence-electron chi connectivity index (χ4n) is 0.948. The Kier molecular flexibility index (Phi) is 3.99. The minimum atomic E-state index is -1.18. The van der Waals surface area contributed by atoms with Gasteiger partial charge in [0.25, 0.3) is 4.51 Å². The Morgan fingerprint density at radius 3 is 2.40 bits per heavy atom. The number of halogens is 2. The van der Waals surface area contributed by atoms with Crippen molar-refractivity contribution in [2.75, 3.05) is 7.11 Å². The summed E-state index contributed by atoms with van der Waals surface area (Å²) in [4.78, 5) is 11.3. The quantitative estimate of drug-likeness (QED) is 0.635. The molecule has 0 aliphatic carbocycles. The molecule has 0 radical (unpaired) electrons. The Balaban J connectivity index is 2.77. The highest BCUT2D eigenvalue weighted by Crippen LogP contribution is 2.25. The van der Waals surface area contributed by atoms with Gasteiger partial charge in [-0.15, -0.1) is 0 Å². The van der Waals surface area contributed by atoms with Crippen LogP contribution in [-0.4, -0.2) is 17.6 Å². The number of hydrogen-bond donors (Lipinski definition) is 0. The number of ether oxygens (including phenoxy) is 2. The molecule has 0 aliphatic rings. The maximum atomic E-state index is 11.3. The van der Waals surface area contributed by atoms with Gasteiger partial charge in [0.15, 0.2) is 0 Å². The van der Waals surface area contributed by atoms with Crippen LogP contribution in [0.5, 0.6) is 5.75 Å². The number of carbonyl (C=O) groups is 1. The summed E-state index contributed by atoms with van der Waals surface area (Å²) in [7, 11) is 1.30. The zero-order chi connectivity index (χ0) is 11.5. The van der Waals surface area contributed by atoms with Crippen LogP contribution < -0.4 is 4.74 Å². The van der Waals surface area contributed by atoms with Crippen LogP contribution in [0.25, 0.3) is 0 Å². The normalized spacial score (nSPS) is 14.1. The Labute approximate surface area is 101 Å². The van der Waals surface area contributed by atoms with Gasteiger partial charge in [-0.1, -0.05) is 11.6 Å². The summed E-state index contributed by atoms with van der Waals surface area (Å²) in [5.74, 6) is 0.0293. The van der Waals surface area contributed by atoms with Gasteiger partial charge in [-0.05, 0) is 47.1 Å². The molecule has 0 fully saturated rings. The van der Waals surface area contributed by atoms with Crippen LogP contribution in [0.3, 0.4) is 0 Å². The third-order valence-electron chi connectivity index (χ3n) is 1.67. The molecule has 82 valence electrons. The Morgan fingerprint density at radius 2 is 1.93 bits per heavy atom. The fraction of sp³-hybridized carbons (Fsp3) is 0.300. The molecule has 0 saturated carbocycles. The van der Waals surface area contributed by atoms with Gasteiger partial charge >= 0.3 is 5.97 Å². The van der Waals surface area contributed by atoms with Crippen molar-refractivity contribution >= 4 is 33.5 Å². The van der Waals surface area contributed by atoms with Gasteiger partial charge in [0.1, 0.15) is 5.75 Å². The molecule has 0 bridgehead atoms. The van der Waals surface area contributed by atoms with E-state index in [9.17, 15) is 4.79 Å². The number of hydrogen-bond acceptors (Lipinski definition) is 3. The van der Waals surface area contributed by atoms with Crippen LogP contribution in [0.4, 0.5) is 0 Å². The largest absolute Gasteiger partial charge is 0.465 e. The molecule has 1 aromatic carbocycles. The van der Waals surface area contributed by atoms with E-state index in [1.165, 1.54) is 7.11 Å². The predicted octanol–water partition coefficient (Wildman–Crippen LogP) is 3.00. The summed E-state index contributed by atoms with van der Waals surface area (Å²) in [5.41, 5.74) is 0. The van der Waals surface area contributed by atoms with Crippen molar-refractivity contribution in [3.05, 3.63) is 29.3 Å². The van der Waals surface area contributed by atoms with Crippen LogP contribution in [0.1, 0.15) is 6.92 Å². The molecule has 1 rings (SSSR count). The van der Waals surface area contributed by atoms with E-state index in [0.717, 1.165) is 0 Å². The fourth-order valence-corrected chi connectivity index (χ4v) is 1.42. The first kappa shape index (κ1) is 12.3. The monoisotopic (exact) mass is 292 g/mol. The first-order valence-electron chi connectivity index (χ1n) is 4.17. The highest BCUT2D eigenvalue weighted by Gasteiger charge is 2.33. The van der Waals surface area contributed by atoms with Crippen molar-refractivity contribution in [1.29, 1.82) is 0 Å². The highest BCUT2D eigenvalue weighted by atomic mass is 79.9. The molecule has 0 spiro atoms. The lowest BCUT2D eigenvalue weighted by Crippen LogP contribution is -2.35. The molecule has 15 heavy (non-hydrogen) atoms. The van der Waals surface area contributed by atoms with Crippen molar-refractivity contribution in [1.82, 2.24) is 0 Å². The van der Waals surface area contributed by atoms with Gasteiger partial charge in [-0.3, -0.25) is 0 Å². The molecule has 1 aromatic rings. The summed E-state index contributed by atoms with van der Waals surface area (Å²) < 4.78 is 8.78. The van der Waals surface area contributed by atoms with E-state index in [1.54, 1.807) is 31.2 Å². The minimum absolute atomic E-state index is 0.502. The molecule has 3 nitrogen and oxygen atoms in total. The van der Waals surface area contributed by atoms with Gasteiger partial charge in [0.05, 0.1) is 7.11 Å². The summed E-state index contributed by atoms with van der Waals surface area (Å²) >= 11 is 8.85. The molecule has 0 aliphatic heterocycles. The number of benzene rings is 1. The highest BCUT2D eigenvalue weighted by molar-refractivity contribution is 9.10. The molecule has 0 aromatic heterocycles. The maximum absolute atomic E-state index is 11.3. The van der Waals surface area contributed by atoms with Crippen LogP contribution in [-0.2, 0) is 9.53 Å². The van der Waals surface area contributed by atoms with Crippen molar-refractivity contribution in [2.24, 2.45) is 0 Å². The number of esters is 1. The third-order valence-corrected chi connectivity index (χ3v) is 2.41. The predicted molar refractivity (Wildman–Crippen MR) is 61.4 cm³/mol. The van der Waals surface area contributed by atoms with E-state index in [1.807, 2.05) is 0 Å². The third kappa shape index (κ3) is 3.39. The molecule has 5 heteroatoms. The van der Waals surface area contributed by atoms with E-state index < -0.39 is 10.5 Å². The van der Waals surface area contributed by atoms with Crippen molar-refractivity contribution < 1.29 is 14.3 Å². The molecule has 0 N–H and O–H groups in total. The van der Waals surface area contributed by atoms with E-state index in [4.69, 9.17) is 16.3 Å². The summed E-state index contributed by atoms with van der Waals surface area (Å²) in [6.45, 7) is 1.56. The smallest absolute Gasteiger partial charge is 0.361 e. The van der Waals surface area contributed by atoms with Gasteiger partial charge in [-0.2, -0.15) is 0 Å². The molecule has 0 saturated heterocycles. The van der Waals surface area contributed by atoms with Gasteiger partial charge < -0.3 is 9.47 Å². The van der Waals surface area contributed by atoms with Crippen LogP contribution in [0.2, 0.25) is 5.02 Å². The molecular formula is C10H10BrClO3. The van der Waals surface area contributed by atoms with Gasteiger partial charge in [0, 0.05) is 5.02 Å². The summed E-state index contributed by atoms with van der Waals surface area (Å²) in [6.07, 6.45) is 0. The lowest BCUT2D eigenvalue weighted by molar-refractivity contribution is -0.149. The second-order valence-corrected chi connectivity index (χ2v) is 4.91. The van der Waals surface area contributed by atoms with E-state index in [-0.39, 0.29) is 0 Å². The maximum Gasteiger partial charge on any atom is 0.361 e. The zero-order valence-electron chi connectivity index (χ0n) is 8.29. The molecular weight excluding hydrogens is 283 g/mol. The summed E-state index contributed by atoms with van der Waals surface area (Å²) in [5, 5.41) is 0.608. The van der Waals surface area contributed by atoms with Gasteiger partial charge in [-0.25, -0.2) is 4.79 Å². The SMILES string of the molecule is COC(=O)C(C)(Br)Oc1ccc(Cl)cc1. The molecule has 1 unspecified atom stereocenters. The summed E-state index contributed by atoms with van der Waals surface area (Å²) in [6, 6.07) is 6.70. The first-order chi connectivity index (χ1) is 6.95. The molecule has 0 heterocycles. The standard InChI is InChI=1S/C10H10BrClO3/c1-10(11,9(13)14-2)15-8-5-3-7(12)4-6-8/h3-6H,1-2H3. The second-order valence-electron chi connectivity index (χ2n) is 2.96. The molecule has 0 amide bonds. The number of methoxy groups -OCH3 is 1. The van der Waals surface area contributed by atoms with Crippen LogP contribution in [0, 0.1) is 0 Å². The van der Waals surface area contributed by atoms with E-state index in [0.29, 0.717) is 10.8 Å². The lowest BCUT2D eigenvalue weighted by atomic mass is 10.3. The second kappa shape index (κ2) is 4.86. The first-order valence-corrected chi connectivity index (χ1v) is 5.35. The van der Waals surface area contributed by atoms with Crippen molar-refractivity contribution in [3.8, 4) is 5.75 Å². The molecule has 1 atom stereocenters. The average molecular weight is 294 g/mol. The Hall–Kier alpha value is -0.740. The van der Waals surface area contributed by atoms with Crippen molar-refractivity contribution in [3.63, 3.8) is 0 Å². The number of rotatable bonds is 3. The lowest BCUT2D eigenvalue weighted by Gasteiger charge is -2.21. The van der Waals surface area contributed by atoms with Crippen molar-refractivity contribution in [2.45, 2.75) is 11.4 Å². The van der Waals surface area contributed by atoms with E-state index >= 15 is 0 Å². The zero-order valence-corrected chi connectivity index (χ0v) is 10.6. The Morgan fingerprint density at radius 1 is 1.40 bits per heavy atom. The number of alkyl halides is 1. The average Bonchev–Trinajstić information content (AvgIpc) is 2.20. The van der Waals surface area contributed by atoms with Crippen LogP contribution >= 0.6 is 27.5 Å². The number of carbonyl (C=O) groups excluding carboxylic acids is 1. The van der Waals surface area contributed by atoms with Gasteiger partial charge in [0.2, 0.25) is 0 Å². The van der Waals surface area contributed by atoms with E-state index in [2.05, 4.69) is 20.7 Å². The topological polar surface area (TPSA) is 35.5 Å².